The number of rotatable bonds is 1. The van der Waals surface area contributed by atoms with Crippen LogP contribution in [0.4, 0.5) is 0 Å². The highest BCUT2D eigenvalue weighted by molar-refractivity contribution is 9.10. The molecule has 0 saturated heterocycles. The van der Waals surface area contributed by atoms with Crippen LogP contribution in [-0.4, -0.2) is 21.3 Å². The zero-order valence-electron chi connectivity index (χ0n) is 4.28. The number of hydrogen-bond donors (Lipinski definition) is 0. The van der Waals surface area contributed by atoms with Gasteiger partial charge in [-0.25, -0.2) is 0 Å². The molecular formula is C4H2BrN3O. The van der Waals surface area contributed by atoms with E-state index in [0.29, 0.717) is 10.9 Å². The van der Waals surface area contributed by atoms with Crippen molar-refractivity contribution in [1.82, 2.24) is 15.0 Å². The van der Waals surface area contributed by atoms with Crippen molar-refractivity contribution >= 4 is 22.2 Å². The van der Waals surface area contributed by atoms with Crippen molar-refractivity contribution in [1.29, 1.82) is 0 Å². The normalized spacial score (nSPS) is 9.56. The maximum atomic E-state index is 10.0. The fraction of sp³-hybridized carbons (Fsp3) is 0. The Hall–Kier alpha value is -0.710. The van der Waals surface area contributed by atoms with Crippen LogP contribution in [0, 0.1) is 7.05 Å². The van der Waals surface area contributed by atoms with E-state index >= 15 is 0 Å². The van der Waals surface area contributed by atoms with Gasteiger partial charge < -0.3 is 0 Å². The first kappa shape index (κ1) is 6.41. The highest BCUT2D eigenvalue weighted by Crippen LogP contribution is 2.06. The maximum Gasteiger partial charge on any atom is 0.173 e. The minimum absolute atomic E-state index is 0.206. The van der Waals surface area contributed by atoms with Crippen molar-refractivity contribution in [3.63, 3.8) is 0 Å². The van der Waals surface area contributed by atoms with E-state index in [1.165, 1.54) is 0 Å². The number of aldehydes is 1. The van der Waals surface area contributed by atoms with Crippen LogP contribution in [0.15, 0.2) is 4.60 Å². The average Bonchev–Trinajstić information content (AvgIpc) is 2.10. The second-order valence-electron chi connectivity index (χ2n) is 1.31. The monoisotopic (exact) mass is 187 g/mol. The van der Waals surface area contributed by atoms with Gasteiger partial charge in [0.15, 0.2) is 16.6 Å². The largest absolute Gasteiger partial charge is 0.296 e. The fourth-order valence-electron chi connectivity index (χ4n) is 0.387. The van der Waals surface area contributed by atoms with E-state index in [2.05, 4.69) is 26.1 Å². The van der Waals surface area contributed by atoms with Gasteiger partial charge in [-0.05, 0) is 15.9 Å². The molecular weight excluding hydrogens is 186 g/mol. The summed E-state index contributed by atoms with van der Waals surface area (Å²) in [7, 11) is 5.06. The molecule has 4 nitrogen and oxygen atoms in total. The zero-order valence-corrected chi connectivity index (χ0v) is 5.87. The van der Waals surface area contributed by atoms with Gasteiger partial charge in [-0.2, -0.15) is 4.80 Å². The van der Waals surface area contributed by atoms with Gasteiger partial charge in [0.25, 0.3) is 0 Å². The van der Waals surface area contributed by atoms with E-state index in [1.807, 2.05) is 0 Å². The lowest BCUT2D eigenvalue weighted by molar-refractivity contribution is 0.111. The summed E-state index contributed by atoms with van der Waals surface area (Å²) in [5.41, 5.74) is 0.206. The number of aromatic nitrogens is 3. The van der Waals surface area contributed by atoms with E-state index in [0.717, 1.165) is 4.80 Å². The number of carbonyl (C=O) groups excluding carboxylic acids is 1. The highest BCUT2D eigenvalue weighted by Gasteiger charge is 2.02. The average molecular weight is 188 g/mol. The van der Waals surface area contributed by atoms with Gasteiger partial charge in [0.05, 0.1) is 0 Å². The third-order valence-corrected chi connectivity index (χ3v) is 1.29. The summed E-state index contributed by atoms with van der Waals surface area (Å²) in [6.07, 6.45) is 0.570. The predicted molar refractivity (Wildman–Crippen MR) is 32.8 cm³/mol. The van der Waals surface area contributed by atoms with Crippen molar-refractivity contribution in [3.8, 4) is 0 Å². The topological polar surface area (TPSA) is 47.8 Å². The molecule has 1 aromatic rings. The Morgan fingerprint density at radius 1 is 1.67 bits per heavy atom. The van der Waals surface area contributed by atoms with Crippen molar-refractivity contribution in [2.24, 2.45) is 0 Å². The highest BCUT2D eigenvalue weighted by atomic mass is 79.9. The molecule has 0 fully saturated rings. The van der Waals surface area contributed by atoms with Crippen molar-refractivity contribution in [2.45, 2.75) is 0 Å². The van der Waals surface area contributed by atoms with Gasteiger partial charge in [0.2, 0.25) is 0 Å². The number of nitrogens with zero attached hydrogens (tertiary/aromatic N) is 3. The van der Waals surface area contributed by atoms with Gasteiger partial charge in [0.1, 0.15) is 7.05 Å². The van der Waals surface area contributed by atoms with Gasteiger partial charge in [-0.15, -0.1) is 10.2 Å². The molecule has 0 aliphatic carbocycles. The van der Waals surface area contributed by atoms with Crippen LogP contribution in [0.2, 0.25) is 0 Å². The fourth-order valence-corrected chi connectivity index (χ4v) is 0.723. The van der Waals surface area contributed by atoms with Crippen LogP contribution < -0.4 is 0 Å². The molecule has 9 heavy (non-hydrogen) atoms. The lowest BCUT2D eigenvalue weighted by Gasteiger charge is -1.75. The van der Waals surface area contributed by atoms with Crippen LogP contribution in [0.25, 0.3) is 0 Å². The van der Waals surface area contributed by atoms with E-state index in [-0.39, 0.29) is 5.69 Å². The van der Waals surface area contributed by atoms with E-state index in [1.54, 1.807) is 0 Å². The van der Waals surface area contributed by atoms with Crippen molar-refractivity contribution in [2.75, 3.05) is 0 Å². The molecule has 0 bridgehead atoms. The number of halogens is 1. The Morgan fingerprint density at radius 2 is 2.33 bits per heavy atom. The van der Waals surface area contributed by atoms with E-state index in [4.69, 9.17) is 7.05 Å². The summed E-state index contributed by atoms with van der Waals surface area (Å²) >= 11 is 2.97. The van der Waals surface area contributed by atoms with Crippen LogP contribution in [0.1, 0.15) is 10.5 Å². The second kappa shape index (κ2) is 2.26. The summed E-state index contributed by atoms with van der Waals surface area (Å²) in [4.78, 5) is 10.9. The molecule has 0 atom stereocenters. The minimum atomic E-state index is 0.206. The maximum absolute atomic E-state index is 10.0. The molecule has 0 spiro atoms. The minimum Gasteiger partial charge on any atom is -0.296 e. The summed E-state index contributed by atoms with van der Waals surface area (Å²) in [6.45, 7) is 0. The standard InChI is InChI=1S/C4H2BrN3O/c1-8-6-3(2-9)4(5)7-8/h1-2H. The lowest BCUT2D eigenvalue weighted by atomic mass is 10.6. The lowest BCUT2D eigenvalue weighted by Crippen LogP contribution is -1.89. The van der Waals surface area contributed by atoms with Crippen molar-refractivity contribution in [3.05, 3.63) is 17.3 Å². The third kappa shape index (κ3) is 1.16. The molecule has 0 amide bonds. The zero-order chi connectivity index (χ0) is 6.85. The van der Waals surface area contributed by atoms with Gasteiger partial charge >= 0.3 is 0 Å². The summed E-state index contributed by atoms with van der Waals surface area (Å²) in [5.74, 6) is 0. The summed E-state index contributed by atoms with van der Waals surface area (Å²) in [6, 6.07) is 0. The quantitative estimate of drug-likeness (QED) is 0.598. The SMILES string of the molecule is [CH]n1nc(Br)c(C=O)n1. The smallest absolute Gasteiger partial charge is 0.173 e. The summed E-state index contributed by atoms with van der Waals surface area (Å²) < 4.78 is 0.361. The number of hydrogen-bond acceptors (Lipinski definition) is 3. The van der Waals surface area contributed by atoms with Gasteiger partial charge in [-0.3, -0.25) is 4.79 Å². The molecule has 0 unspecified atom stereocenters. The second-order valence-corrected chi connectivity index (χ2v) is 2.07. The molecule has 46 valence electrons. The van der Waals surface area contributed by atoms with Crippen LogP contribution in [0.3, 0.4) is 0 Å². The first-order valence-electron chi connectivity index (χ1n) is 2.07. The Kier molecular flexibility index (Phi) is 1.61. The number of carbonyl (C=O) groups is 1. The Morgan fingerprint density at radius 3 is 2.56 bits per heavy atom. The van der Waals surface area contributed by atoms with Crippen LogP contribution in [-0.2, 0) is 0 Å². The van der Waals surface area contributed by atoms with Crippen molar-refractivity contribution < 1.29 is 4.79 Å². The molecule has 5 heteroatoms. The molecule has 2 radical (unpaired) electrons. The van der Waals surface area contributed by atoms with E-state index in [9.17, 15) is 4.79 Å². The molecule has 1 heterocycles. The first-order valence-corrected chi connectivity index (χ1v) is 2.86. The molecule has 1 aromatic heterocycles. The van der Waals surface area contributed by atoms with Crippen LogP contribution >= 0.6 is 15.9 Å². The molecule has 0 aliphatic rings. The third-order valence-electron chi connectivity index (χ3n) is 0.723. The molecule has 1 rings (SSSR count). The molecule has 0 saturated carbocycles. The Balaban J connectivity index is 3.15. The summed E-state index contributed by atoms with van der Waals surface area (Å²) in [5, 5.41) is 7.05. The molecule has 0 N–H and O–H groups in total. The van der Waals surface area contributed by atoms with Gasteiger partial charge in [-0.1, -0.05) is 0 Å². The molecule has 0 aliphatic heterocycles. The van der Waals surface area contributed by atoms with Gasteiger partial charge in [0, 0.05) is 0 Å². The first-order chi connectivity index (χ1) is 4.24. The molecule has 0 aromatic carbocycles. The Labute approximate surface area is 60.0 Å². The Bertz CT molecular complexity index is 232. The van der Waals surface area contributed by atoms with Crippen LogP contribution in [0.5, 0.6) is 0 Å². The van der Waals surface area contributed by atoms with E-state index < -0.39 is 0 Å². The predicted octanol–water partition coefficient (Wildman–Crippen LogP) is 0.370.